The fourth-order valence-corrected chi connectivity index (χ4v) is 4.28. The summed E-state index contributed by atoms with van der Waals surface area (Å²) in [5, 5.41) is 0. The van der Waals surface area contributed by atoms with Crippen molar-refractivity contribution in [2.75, 3.05) is 40.0 Å². The maximum absolute atomic E-state index is 13.1. The van der Waals surface area contributed by atoms with Crippen LogP contribution in [0.1, 0.15) is 23.2 Å². The molecule has 1 aromatic carbocycles. The lowest BCUT2D eigenvalue weighted by molar-refractivity contribution is -0.145. The molecule has 0 saturated carbocycles. The Labute approximate surface area is 158 Å². The summed E-state index contributed by atoms with van der Waals surface area (Å²) in [6, 6.07) is 7.49. The second-order valence-electron chi connectivity index (χ2n) is 7.09. The van der Waals surface area contributed by atoms with Gasteiger partial charge in [-0.15, -0.1) is 11.8 Å². The zero-order chi connectivity index (χ0) is 18.8. The van der Waals surface area contributed by atoms with Gasteiger partial charge in [-0.3, -0.25) is 14.4 Å². The lowest BCUT2D eigenvalue weighted by Gasteiger charge is -2.35. The van der Waals surface area contributed by atoms with Gasteiger partial charge >= 0.3 is 0 Å². The summed E-state index contributed by atoms with van der Waals surface area (Å²) in [4.78, 5) is 44.0. The molecule has 2 atom stereocenters. The topological polar surface area (TPSA) is 60.9 Å². The van der Waals surface area contributed by atoms with E-state index >= 15 is 0 Å². The molecule has 6 nitrogen and oxygen atoms in total. The highest BCUT2D eigenvalue weighted by molar-refractivity contribution is 7.98. The van der Waals surface area contributed by atoms with Gasteiger partial charge in [0, 0.05) is 38.1 Å². The molecule has 1 aromatic rings. The first-order chi connectivity index (χ1) is 12.4. The number of hydrogen-bond donors (Lipinski definition) is 0. The summed E-state index contributed by atoms with van der Waals surface area (Å²) in [7, 11) is 3.39. The van der Waals surface area contributed by atoms with Gasteiger partial charge in [-0.05, 0) is 31.2 Å². The first-order valence-electron chi connectivity index (χ1n) is 8.85. The number of carbonyl (C=O) groups excluding carboxylic acids is 3. The quantitative estimate of drug-likeness (QED) is 0.750. The van der Waals surface area contributed by atoms with Crippen molar-refractivity contribution in [1.82, 2.24) is 14.7 Å². The highest BCUT2D eigenvalue weighted by Gasteiger charge is 2.42. The average Bonchev–Trinajstić information content (AvgIpc) is 2.93. The van der Waals surface area contributed by atoms with E-state index < -0.39 is 0 Å². The molecule has 3 heterocycles. The van der Waals surface area contributed by atoms with Gasteiger partial charge in [-0.1, -0.05) is 12.1 Å². The van der Waals surface area contributed by atoms with E-state index in [0.29, 0.717) is 18.7 Å². The van der Waals surface area contributed by atoms with Crippen LogP contribution in [0.4, 0.5) is 0 Å². The molecule has 140 valence electrons. The van der Waals surface area contributed by atoms with Crippen LogP contribution in [0.25, 0.3) is 0 Å². The molecule has 0 spiro atoms. The van der Waals surface area contributed by atoms with Crippen molar-refractivity contribution < 1.29 is 14.4 Å². The Morgan fingerprint density at radius 2 is 1.92 bits per heavy atom. The highest BCUT2D eigenvalue weighted by Crippen LogP contribution is 2.31. The maximum Gasteiger partial charge on any atom is 0.255 e. The number of amides is 3. The monoisotopic (exact) mass is 375 g/mol. The Kier molecular flexibility index (Phi) is 5.55. The molecular weight excluding hydrogens is 350 g/mol. The molecule has 0 N–H and O–H groups in total. The van der Waals surface area contributed by atoms with Crippen LogP contribution in [0.3, 0.4) is 0 Å². The number of likely N-dealkylation sites (N-methyl/N-ethyl adjacent to an activating group) is 1. The summed E-state index contributed by atoms with van der Waals surface area (Å²) in [5.74, 6) is -0.323. The molecule has 0 aromatic heterocycles. The lowest BCUT2D eigenvalue weighted by Crippen LogP contribution is -2.51. The smallest absolute Gasteiger partial charge is 0.255 e. The van der Waals surface area contributed by atoms with Crippen molar-refractivity contribution >= 4 is 29.5 Å². The lowest BCUT2D eigenvalue weighted by atomic mass is 9.94. The standard InChI is InChI=1S/C19H25N3O3S/c1-20(2)17(23)12-22-14-9-8-13(18(22)24)10-21(11-14)19(25)15-6-4-5-7-16(15)26-3/h4-7,13-14H,8-12H2,1-3H3/t13-,14+/m0/s1. The molecule has 2 bridgehead atoms. The Bertz CT molecular complexity index is 722. The SMILES string of the molecule is CSc1ccccc1C(=O)N1C[C@@H]2CC[C@H](C1)N(CC(=O)N(C)C)C2=O. The Morgan fingerprint density at radius 1 is 1.19 bits per heavy atom. The first-order valence-corrected chi connectivity index (χ1v) is 10.1. The minimum Gasteiger partial charge on any atom is -0.347 e. The summed E-state index contributed by atoms with van der Waals surface area (Å²) in [5.41, 5.74) is 0.685. The van der Waals surface area contributed by atoms with Crippen LogP contribution in [0, 0.1) is 5.92 Å². The van der Waals surface area contributed by atoms with Crippen molar-refractivity contribution in [1.29, 1.82) is 0 Å². The Balaban J connectivity index is 1.82. The van der Waals surface area contributed by atoms with Crippen LogP contribution in [0.5, 0.6) is 0 Å². The third-order valence-electron chi connectivity index (χ3n) is 5.22. The van der Waals surface area contributed by atoms with Crippen LogP contribution < -0.4 is 0 Å². The second-order valence-corrected chi connectivity index (χ2v) is 7.94. The maximum atomic E-state index is 13.1. The van der Waals surface area contributed by atoms with Crippen molar-refractivity contribution in [3.63, 3.8) is 0 Å². The van der Waals surface area contributed by atoms with Gasteiger partial charge in [0.2, 0.25) is 11.8 Å². The number of thioether (sulfide) groups is 1. The number of hydrogen-bond acceptors (Lipinski definition) is 4. The van der Waals surface area contributed by atoms with E-state index in [1.54, 1.807) is 35.7 Å². The summed E-state index contributed by atoms with van der Waals surface area (Å²) >= 11 is 1.55. The Hall–Kier alpha value is -2.02. The fourth-order valence-electron chi connectivity index (χ4n) is 3.69. The van der Waals surface area contributed by atoms with Crippen LogP contribution in [-0.2, 0) is 9.59 Å². The van der Waals surface area contributed by atoms with Crippen LogP contribution >= 0.6 is 11.8 Å². The summed E-state index contributed by atoms with van der Waals surface area (Å²) in [6.07, 6.45) is 3.57. The molecule has 3 fully saturated rings. The van der Waals surface area contributed by atoms with Crippen LogP contribution in [-0.4, -0.2) is 78.4 Å². The van der Waals surface area contributed by atoms with E-state index in [1.807, 2.05) is 30.5 Å². The number of carbonyl (C=O) groups is 3. The van der Waals surface area contributed by atoms with Gasteiger partial charge in [0.25, 0.3) is 5.91 Å². The number of piperidine rings is 1. The van der Waals surface area contributed by atoms with Gasteiger partial charge in [-0.25, -0.2) is 0 Å². The predicted molar refractivity (Wildman–Crippen MR) is 101 cm³/mol. The van der Waals surface area contributed by atoms with E-state index in [1.165, 1.54) is 4.90 Å². The molecule has 7 heteroatoms. The number of benzene rings is 1. The van der Waals surface area contributed by atoms with Gasteiger partial charge in [0.05, 0.1) is 11.5 Å². The van der Waals surface area contributed by atoms with Gasteiger partial charge in [0.15, 0.2) is 0 Å². The number of fused-ring (bicyclic) bond motifs is 4. The predicted octanol–water partition coefficient (Wildman–Crippen LogP) is 1.56. The molecule has 0 radical (unpaired) electrons. The molecule has 3 aliphatic rings. The largest absolute Gasteiger partial charge is 0.347 e. The number of rotatable bonds is 4. The van der Waals surface area contributed by atoms with Crippen molar-refractivity contribution in [2.45, 2.75) is 23.8 Å². The van der Waals surface area contributed by atoms with Gasteiger partial charge in [-0.2, -0.15) is 0 Å². The zero-order valence-corrected chi connectivity index (χ0v) is 16.3. The molecular formula is C19H25N3O3S. The zero-order valence-electron chi connectivity index (χ0n) is 15.5. The van der Waals surface area contributed by atoms with E-state index in [4.69, 9.17) is 0 Å². The average molecular weight is 375 g/mol. The van der Waals surface area contributed by atoms with E-state index in [2.05, 4.69) is 0 Å². The second kappa shape index (κ2) is 7.70. The van der Waals surface area contributed by atoms with Gasteiger partial charge < -0.3 is 14.7 Å². The minimum atomic E-state index is -0.214. The van der Waals surface area contributed by atoms with Gasteiger partial charge in [0.1, 0.15) is 6.54 Å². The summed E-state index contributed by atoms with van der Waals surface area (Å²) in [6.45, 7) is 1.02. The fraction of sp³-hybridized carbons (Fsp3) is 0.526. The minimum absolute atomic E-state index is 0.00454. The molecule has 0 unspecified atom stereocenters. The molecule has 3 amide bonds. The van der Waals surface area contributed by atoms with Crippen molar-refractivity contribution in [3.05, 3.63) is 29.8 Å². The van der Waals surface area contributed by atoms with Crippen molar-refractivity contribution in [3.8, 4) is 0 Å². The van der Waals surface area contributed by atoms with E-state index in [0.717, 1.165) is 17.7 Å². The molecule has 4 rings (SSSR count). The highest BCUT2D eigenvalue weighted by atomic mass is 32.2. The summed E-state index contributed by atoms with van der Waals surface area (Å²) < 4.78 is 0. The third kappa shape index (κ3) is 3.58. The molecule has 3 aliphatic heterocycles. The molecule has 26 heavy (non-hydrogen) atoms. The normalized spacial score (nSPS) is 22.3. The Morgan fingerprint density at radius 3 is 2.62 bits per heavy atom. The van der Waals surface area contributed by atoms with E-state index in [-0.39, 0.29) is 36.2 Å². The van der Waals surface area contributed by atoms with E-state index in [9.17, 15) is 14.4 Å². The van der Waals surface area contributed by atoms with Crippen molar-refractivity contribution in [2.24, 2.45) is 5.92 Å². The molecule has 3 saturated heterocycles. The van der Waals surface area contributed by atoms with Crippen LogP contribution in [0.2, 0.25) is 0 Å². The third-order valence-corrected chi connectivity index (χ3v) is 6.02. The van der Waals surface area contributed by atoms with Crippen LogP contribution in [0.15, 0.2) is 29.2 Å². The molecule has 0 aliphatic carbocycles. The number of nitrogens with zero attached hydrogens (tertiary/aromatic N) is 3. The first kappa shape index (κ1) is 18.8.